The predicted octanol–water partition coefficient (Wildman–Crippen LogP) is 2.93. The van der Waals surface area contributed by atoms with E-state index in [1.165, 1.54) is 0 Å². The second-order valence-corrected chi connectivity index (χ2v) is 8.27. The number of nitrogens with one attached hydrogen (secondary N) is 1. The number of aromatic nitrogens is 1. The fourth-order valence-corrected chi connectivity index (χ4v) is 4.39. The van der Waals surface area contributed by atoms with Gasteiger partial charge in [0.1, 0.15) is 5.54 Å². The molecular formula is C23H27N3O4. The van der Waals surface area contributed by atoms with Gasteiger partial charge in [0.15, 0.2) is 5.78 Å². The van der Waals surface area contributed by atoms with E-state index < -0.39 is 17.5 Å². The largest absolute Gasteiger partial charge is 0.376 e. The molecule has 158 valence electrons. The monoisotopic (exact) mass is 409 g/mol. The molecule has 0 spiro atoms. The molecule has 2 aliphatic heterocycles. The Morgan fingerprint density at radius 1 is 1.23 bits per heavy atom. The molecule has 4 rings (SSSR count). The minimum Gasteiger partial charge on any atom is -0.376 e. The molecule has 2 aliphatic rings. The van der Waals surface area contributed by atoms with Crippen molar-refractivity contribution in [1.82, 2.24) is 14.8 Å². The second kappa shape index (κ2) is 7.72. The quantitative estimate of drug-likeness (QED) is 0.588. The first-order valence-electron chi connectivity index (χ1n) is 10.3. The SMILES string of the molecule is Cc1cc(C(=O)CN2C(=O)N[C@](C)(c3ccccc3)C2=O)c(C)n1C[C@@H]1CCCO1. The van der Waals surface area contributed by atoms with Crippen molar-refractivity contribution in [2.45, 2.75) is 51.8 Å². The van der Waals surface area contributed by atoms with E-state index in [4.69, 9.17) is 4.74 Å². The van der Waals surface area contributed by atoms with Gasteiger partial charge >= 0.3 is 6.03 Å². The summed E-state index contributed by atoms with van der Waals surface area (Å²) in [6, 6.07) is 10.4. The van der Waals surface area contributed by atoms with Crippen molar-refractivity contribution in [2.24, 2.45) is 0 Å². The summed E-state index contributed by atoms with van der Waals surface area (Å²) in [5.41, 5.74) is 1.87. The maximum atomic E-state index is 13.1. The Morgan fingerprint density at radius 3 is 2.63 bits per heavy atom. The lowest BCUT2D eigenvalue weighted by Crippen LogP contribution is -2.41. The van der Waals surface area contributed by atoms with Crippen LogP contribution in [-0.2, 0) is 21.6 Å². The maximum absolute atomic E-state index is 13.1. The van der Waals surface area contributed by atoms with Crippen molar-refractivity contribution in [1.29, 1.82) is 0 Å². The Morgan fingerprint density at radius 2 is 1.97 bits per heavy atom. The minimum absolute atomic E-state index is 0.162. The Balaban J connectivity index is 1.53. The van der Waals surface area contributed by atoms with Crippen LogP contribution >= 0.6 is 0 Å². The number of aryl methyl sites for hydroxylation is 1. The van der Waals surface area contributed by atoms with E-state index in [0.717, 1.165) is 35.7 Å². The van der Waals surface area contributed by atoms with Gasteiger partial charge in [-0.1, -0.05) is 30.3 Å². The van der Waals surface area contributed by atoms with Gasteiger partial charge in [-0.25, -0.2) is 4.79 Å². The van der Waals surface area contributed by atoms with Crippen molar-refractivity contribution in [3.63, 3.8) is 0 Å². The van der Waals surface area contributed by atoms with Gasteiger partial charge in [-0.15, -0.1) is 0 Å². The number of imide groups is 1. The van der Waals surface area contributed by atoms with Gasteiger partial charge in [-0.05, 0) is 45.2 Å². The average molecular weight is 409 g/mol. The molecule has 0 bridgehead atoms. The van der Waals surface area contributed by atoms with Gasteiger partial charge in [0.25, 0.3) is 5.91 Å². The zero-order chi connectivity index (χ0) is 21.5. The van der Waals surface area contributed by atoms with Gasteiger partial charge in [0.05, 0.1) is 12.6 Å². The third-order valence-corrected chi connectivity index (χ3v) is 6.21. The summed E-state index contributed by atoms with van der Waals surface area (Å²) >= 11 is 0. The number of urea groups is 1. The van der Waals surface area contributed by atoms with Gasteiger partial charge in [-0.3, -0.25) is 14.5 Å². The zero-order valence-corrected chi connectivity index (χ0v) is 17.6. The number of benzene rings is 1. The van der Waals surface area contributed by atoms with Crippen LogP contribution in [0.15, 0.2) is 36.4 Å². The Kier molecular flexibility index (Phi) is 5.24. The zero-order valence-electron chi connectivity index (χ0n) is 17.6. The minimum atomic E-state index is -1.17. The van der Waals surface area contributed by atoms with Crippen molar-refractivity contribution < 1.29 is 19.1 Å². The van der Waals surface area contributed by atoms with Crippen LogP contribution in [0.4, 0.5) is 4.79 Å². The Bertz CT molecular complexity index is 991. The molecule has 1 N–H and O–H groups in total. The number of rotatable bonds is 6. The molecule has 2 aromatic rings. The van der Waals surface area contributed by atoms with Crippen LogP contribution in [0.5, 0.6) is 0 Å². The van der Waals surface area contributed by atoms with Gasteiger partial charge < -0.3 is 14.6 Å². The summed E-state index contributed by atoms with van der Waals surface area (Å²) in [6.45, 7) is 6.73. The lowest BCUT2D eigenvalue weighted by atomic mass is 9.92. The molecule has 7 heteroatoms. The number of hydrogen-bond donors (Lipinski definition) is 1. The molecule has 30 heavy (non-hydrogen) atoms. The second-order valence-electron chi connectivity index (χ2n) is 8.27. The molecule has 0 saturated carbocycles. The van der Waals surface area contributed by atoms with Crippen LogP contribution in [0.25, 0.3) is 0 Å². The molecule has 7 nitrogen and oxygen atoms in total. The first-order chi connectivity index (χ1) is 14.3. The predicted molar refractivity (Wildman–Crippen MR) is 111 cm³/mol. The van der Waals surface area contributed by atoms with Gasteiger partial charge in [-0.2, -0.15) is 0 Å². The highest BCUT2D eigenvalue weighted by atomic mass is 16.5. The van der Waals surface area contributed by atoms with Gasteiger partial charge in [0, 0.05) is 30.1 Å². The molecule has 2 saturated heterocycles. The highest BCUT2D eigenvalue weighted by Crippen LogP contribution is 2.29. The lowest BCUT2D eigenvalue weighted by Gasteiger charge is -2.22. The Hall–Kier alpha value is -2.93. The molecular weight excluding hydrogens is 382 g/mol. The summed E-state index contributed by atoms with van der Waals surface area (Å²) in [5.74, 6) is -0.664. The van der Waals surface area contributed by atoms with E-state index in [2.05, 4.69) is 9.88 Å². The summed E-state index contributed by atoms with van der Waals surface area (Å²) < 4.78 is 7.81. The van der Waals surface area contributed by atoms with Gasteiger partial charge in [0.2, 0.25) is 0 Å². The maximum Gasteiger partial charge on any atom is 0.325 e. The molecule has 3 amide bonds. The highest BCUT2D eigenvalue weighted by molar-refractivity contribution is 6.11. The normalized spacial score (nSPS) is 23.8. The van der Waals surface area contributed by atoms with Crippen LogP contribution in [0.3, 0.4) is 0 Å². The molecule has 1 aromatic carbocycles. The average Bonchev–Trinajstić information content (AvgIpc) is 3.40. The molecule has 2 fully saturated rings. The smallest absolute Gasteiger partial charge is 0.325 e. The third kappa shape index (κ3) is 3.43. The van der Waals surface area contributed by atoms with Crippen LogP contribution in [0, 0.1) is 13.8 Å². The number of hydrogen-bond acceptors (Lipinski definition) is 4. The van der Waals surface area contributed by atoms with Crippen LogP contribution in [-0.4, -0.2) is 46.4 Å². The topological polar surface area (TPSA) is 80.6 Å². The summed E-state index contributed by atoms with van der Waals surface area (Å²) in [7, 11) is 0. The molecule has 3 heterocycles. The summed E-state index contributed by atoms with van der Waals surface area (Å²) in [5, 5.41) is 2.75. The van der Waals surface area contributed by atoms with E-state index >= 15 is 0 Å². The van der Waals surface area contributed by atoms with E-state index in [9.17, 15) is 14.4 Å². The number of nitrogens with zero attached hydrogens (tertiary/aromatic N) is 2. The Labute approximate surface area is 176 Å². The number of ether oxygens (including phenoxy) is 1. The first-order valence-corrected chi connectivity index (χ1v) is 10.3. The first kappa shape index (κ1) is 20.3. The summed E-state index contributed by atoms with van der Waals surface area (Å²) in [6.07, 6.45) is 2.23. The van der Waals surface area contributed by atoms with Crippen molar-refractivity contribution >= 4 is 17.7 Å². The number of carbonyl (C=O) groups is 3. The van der Waals surface area contributed by atoms with Crippen LogP contribution in [0.2, 0.25) is 0 Å². The molecule has 0 radical (unpaired) electrons. The molecule has 0 unspecified atom stereocenters. The number of amides is 3. The van der Waals surface area contributed by atoms with Crippen LogP contribution in [0.1, 0.15) is 47.1 Å². The molecule has 2 atom stereocenters. The van der Waals surface area contributed by atoms with E-state index in [-0.39, 0.29) is 18.4 Å². The highest BCUT2D eigenvalue weighted by Gasteiger charge is 2.49. The summed E-state index contributed by atoms with van der Waals surface area (Å²) in [4.78, 5) is 39.7. The molecule has 1 aromatic heterocycles. The standard InChI is InChI=1S/C23H27N3O4/c1-15-12-19(16(2)25(15)13-18-10-7-11-30-18)20(27)14-26-21(28)23(3,24-22(26)29)17-8-5-4-6-9-17/h4-6,8-9,12,18H,7,10-11,13-14H2,1-3H3,(H,24,29)/t18-,23+/m0/s1. The van der Waals surface area contributed by atoms with E-state index in [0.29, 0.717) is 17.7 Å². The number of carbonyl (C=O) groups excluding carboxylic acids is 3. The number of Topliss-reactive ketones (excluding diaryl/α,β-unsaturated/α-hetero) is 1. The van der Waals surface area contributed by atoms with Crippen LogP contribution < -0.4 is 5.32 Å². The number of ketones is 1. The van der Waals surface area contributed by atoms with E-state index in [1.807, 2.05) is 38.1 Å². The van der Waals surface area contributed by atoms with Crippen molar-refractivity contribution in [3.8, 4) is 0 Å². The van der Waals surface area contributed by atoms with E-state index in [1.54, 1.807) is 19.1 Å². The molecule has 0 aliphatic carbocycles. The third-order valence-electron chi connectivity index (χ3n) is 6.21. The van der Waals surface area contributed by atoms with Crippen molar-refractivity contribution in [2.75, 3.05) is 13.2 Å². The fraction of sp³-hybridized carbons (Fsp3) is 0.435. The lowest BCUT2D eigenvalue weighted by molar-refractivity contribution is -0.130. The van der Waals surface area contributed by atoms with Crippen molar-refractivity contribution in [3.05, 3.63) is 58.9 Å². The fourth-order valence-electron chi connectivity index (χ4n) is 4.39.